The van der Waals surface area contributed by atoms with E-state index in [2.05, 4.69) is 9.80 Å². The SMILES string of the molecule is CN(CC(=O)N1CCCC[C@H]1CN1CCOCC1)Cc1ccccc1F. The molecule has 2 aliphatic heterocycles. The van der Waals surface area contributed by atoms with Crippen LogP contribution in [0, 0.1) is 5.82 Å². The summed E-state index contributed by atoms with van der Waals surface area (Å²) in [5, 5.41) is 0. The zero-order valence-corrected chi connectivity index (χ0v) is 15.7. The highest BCUT2D eigenvalue weighted by atomic mass is 19.1. The van der Waals surface area contributed by atoms with E-state index < -0.39 is 0 Å². The van der Waals surface area contributed by atoms with Gasteiger partial charge in [-0.2, -0.15) is 0 Å². The molecule has 2 fully saturated rings. The number of morpholine rings is 1. The Kier molecular flexibility index (Phi) is 7.00. The fraction of sp³-hybridized carbons (Fsp3) is 0.650. The van der Waals surface area contributed by atoms with Gasteiger partial charge in [0.15, 0.2) is 0 Å². The molecule has 3 rings (SSSR count). The number of carbonyl (C=O) groups is 1. The zero-order valence-electron chi connectivity index (χ0n) is 15.7. The molecule has 0 unspecified atom stereocenters. The average molecular weight is 363 g/mol. The van der Waals surface area contributed by atoms with Gasteiger partial charge in [-0.1, -0.05) is 18.2 Å². The lowest BCUT2D eigenvalue weighted by molar-refractivity contribution is -0.136. The first-order valence-electron chi connectivity index (χ1n) is 9.65. The number of benzene rings is 1. The zero-order chi connectivity index (χ0) is 18.4. The molecule has 0 N–H and O–H groups in total. The molecule has 2 saturated heterocycles. The lowest BCUT2D eigenvalue weighted by Crippen LogP contribution is -2.53. The van der Waals surface area contributed by atoms with Gasteiger partial charge < -0.3 is 9.64 Å². The number of halogens is 1. The van der Waals surface area contributed by atoms with Crippen molar-refractivity contribution >= 4 is 5.91 Å². The van der Waals surface area contributed by atoms with Gasteiger partial charge >= 0.3 is 0 Å². The van der Waals surface area contributed by atoms with Crippen LogP contribution in [-0.4, -0.2) is 79.6 Å². The third kappa shape index (κ3) is 5.25. The molecule has 1 aromatic rings. The highest BCUT2D eigenvalue weighted by Crippen LogP contribution is 2.19. The van der Waals surface area contributed by atoms with Crippen molar-refractivity contribution < 1.29 is 13.9 Å². The second kappa shape index (κ2) is 9.44. The molecule has 0 radical (unpaired) electrons. The van der Waals surface area contributed by atoms with Crippen molar-refractivity contribution in [3.8, 4) is 0 Å². The van der Waals surface area contributed by atoms with Crippen molar-refractivity contribution in [3.63, 3.8) is 0 Å². The maximum atomic E-state index is 13.8. The molecule has 26 heavy (non-hydrogen) atoms. The van der Waals surface area contributed by atoms with Crippen LogP contribution in [0.1, 0.15) is 24.8 Å². The summed E-state index contributed by atoms with van der Waals surface area (Å²) in [6.45, 7) is 6.01. The summed E-state index contributed by atoms with van der Waals surface area (Å²) in [5.74, 6) is -0.0586. The molecule has 0 spiro atoms. The van der Waals surface area contributed by atoms with Crippen LogP contribution in [0.15, 0.2) is 24.3 Å². The van der Waals surface area contributed by atoms with Crippen LogP contribution in [0.25, 0.3) is 0 Å². The minimum absolute atomic E-state index is 0.154. The van der Waals surface area contributed by atoms with E-state index in [9.17, 15) is 9.18 Å². The summed E-state index contributed by atoms with van der Waals surface area (Å²) in [4.78, 5) is 19.2. The lowest BCUT2D eigenvalue weighted by Gasteiger charge is -2.40. The van der Waals surface area contributed by atoms with Crippen LogP contribution >= 0.6 is 0 Å². The molecule has 2 heterocycles. The quantitative estimate of drug-likeness (QED) is 0.774. The number of rotatable bonds is 6. The lowest BCUT2D eigenvalue weighted by atomic mass is 10.0. The minimum Gasteiger partial charge on any atom is -0.379 e. The Morgan fingerprint density at radius 3 is 2.77 bits per heavy atom. The predicted molar refractivity (Wildman–Crippen MR) is 99.3 cm³/mol. The van der Waals surface area contributed by atoms with E-state index in [0.717, 1.165) is 52.2 Å². The molecule has 5 nitrogen and oxygen atoms in total. The van der Waals surface area contributed by atoms with Gasteiger partial charge in [0, 0.05) is 44.3 Å². The summed E-state index contributed by atoms with van der Waals surface area (Å²) >= 11 is 0. The van der Waals surface area contributed by atoms with Gasteiger partial charge in [0.2, 0.25) is 5.91 Å². The van der Waals surface area contributed by atoms with E-state index in [1.165, 1.54) is 12.5 Å². The highest BCUT2D eigenvalue weighted by molar-refractivity contribution is 5.78. The maximum Gasteiger partial charge on any atom is 0.237 e. The fourth-order valence-electron chi connectivity index (χ4n) is 3.90. The van der Waals surface area contributed by atoms with E-state index in [-0.39, 0.29) is 17.8 Å². The van der Waals surface area contributed by atoms with Gasteiger partial charge in [-0.05, 0) is 32.4 Å². The first-order chi connectivity index (χ1) is 12.6. The van der Waals surface area contributed by atoms with Gasteiger partial charge in [0.1, 0.15) is 5.82 Å². The Labute approximate surface area is 155 Å². The first kappa shape index (κ1) is 19.3. The molecule has 1 aromatic carbocycles. The molecular weight excluding hydrogens is 333 g/mol. The standard InChI is InChI=1S/C20H30FN3O2/c1-22(14-17-6-2-3-8-19(17)21)16-20(25)24-9-5-4-7-18(24)15-23-10-12-26-13-11-23/h2-3,6,8,18H,4-5,7,9-16H2,1H3/t18-/m0/s1. The number of likely N-dealkylation sites (N-methyl/N-ethyl adjacent to an activating group) is 1. The number of likely N-dealkylation sites (tertiary alicyclic amines) is 1. The van der Waals surface area contributed by atoms with Gasteiger partial charge in [-0.15, -0.1) is 0 Å². The Bertz CT molecular complexity index is 592. The van der Waals surface area contributed by atoms with Gasteiger partial charge in [-0.25, -0.2) is 4.39 Å². The maximum absolute atomic E-state index is 13.8. The number of carbonyl (C=O) groups excluding carboxylic acids is 1. The largest absolute Gasteiger partial charge is 0.379 e. The summed E-state index contributed by atoms with van der Waals surface area (Å²) in [5.41, 5.74) is 0.631. The van der Waals surface area contributed by atoms with E-state index in [1.54, 1.807) is 12.1 Å². The Hall–Kier alpha value is -1.50. The number of ether oxygens (including phenoxy) is 1. The van der Waals surface area contributed by atoms with Crippen molar-refractivity contribution in [2.75, 3.05) is 53.0 Å². The molecule has 0 aliphatic carbocycles. The van der Waals surface area contributed by atoms with Crippen molar-refractivity contribution in [2.45, 2.75) is 31.8 Å². The van der Waals surface area contributed by atoms with E-state index in [4.69, 9.17) is 4.74 Å². The second-order valence-corrected chi connectivity index (χ2v) is 7.41. The first-order valence-corrected chi connectivity index (χ1v) is 9.65. The normalized spacial score (nSPS) is 22.0. The van der Waals surface area contributed by atoms with Crippen molar-refractivity contribution in [1.82, 2.24) is 14.7 Å². The van der Waals surface area contributed by atoms with E-state index in [1.807, 2.05) is 18.0 Å². The van der Waals surface area contributed by atoms with Crippen LogP contribution < -0.4 is 0 Å². The topological polar surface area (TPSA) is 36.0 Å². The number of amides is 1. The summed E-state index contributed by atoms with van der Waals surface area (Å²) in [7, 11) is 1.88. The molecule has 0 saturated carbocycles. The van der Waals surface area contributed by atoms with E-state index >= 15 is 0 Å². The molecule has 6 heteroatoms. The average Bonchev–Trinajstić information content (AvgIpc) is 2.65. The summed E-state index contributed by atoms with van der Waals surface area (Å²) in [6, 6.07) is 7.05. The number of nitrogens with zero attached hydrogens (tertiary/aromatic N) is 3. The molecule has 2 aliphatic rings. The van der Waals surface area contributed by atoms with Crippen molar-refractivity contribution in [2.24, 2.45) is 0 Å². The van der Waals surface area contributed by atoms with Crippen molar-refractivity contribution in [1.29, 1.82) is 0 Å². The molecular formula is C20H30FN3O2. The fourth-order valence-corrected chi connectivity index (χ4v) is 3.90. The second-order valence-electron chi connectivity index (χ2n) is 7.41. The van der Waals surface area contributed by atoms with Gasteiger partial charge in [0.05, 0.1) is 19.8 Å². The molecule has 1 amide bonds. The van der Waals surface area contributed by atoms with Gasteiger partial charge in [0.25, 0.3) is 0 Å². The molecule has 1 atom stereocenters. The Morgan fingerprint density at radius 1 is 1.23 bits per heavy atom. The summed E-state index contributed by atoms with van der Waals surface area (Å²) in [6.07, 6.45) is 3.33. The Balaban J connectivity index is 1.54. The number of piperidine rings is 1. The van der Waals surface area contributed by atoms with Crippen LogP contribution in [0.2, 0.25) is 0 Å². The van der Waals surface area contributed by atoms with Gasteiger partial charge in [-0.3, -0.25) is 14.6 Å². The van der Waals surface area contributed by atoms with Crippen LogP contribution in [-0.2, 0) is 16.1 Å². The predicted octanol–water partition coefficient (Wildman–Crippen LogP) is 1.97. The highest BCUT2D eigenvalue weighted by Gasteiger charge is 2.29. The Morgan fingerprint density at radius 2 is 2.00 bits per heavy atom. The minimum atomic E-state index is -0.213. The molecule has 0 aromatic heterocycles. The van der Waals surface area contributed by atoms with E-state index in [0.29, 0.717) is 18.7 Å². The monoisotopic (exact) mass is 363 g/mol. The van der Waals surface area contributed by atoms with Crippen LogP contribution in [0.5, 0.6) is 0 Å². The molecule has 0 bridgehead atoms. The number of hydrogen-bond acceptors (Lipinski definition) is 4. The summed E-state index contributed by atoms with van der Waals surface area (Å²) < 4.78 is 19.2. The van der Waals surface area contributed by atoms with Crippen molar-refractivity contribution in [3.05, 3.63) is 35.6 Å². The smallest absolute Gasteiger partial charge is 0.237 e. The third-order valence-electron chi connectivity index (χ3n) is 5.32. The third-order valence-corrected chi connectivity index (χ3v) is 5.32. The van der Waals surface area contributed by atoms with Crippen LogP contribution in [0.3, 0.4) is 0 Å². The number of hydrogen-bond donors (Lipinski definition) is 0. The molecule has 144 valence electrons. The van der Waals surface area contributed by atoms with Crippen LogP contribution in [0.4, 0.5) is 4.39 Å².